The predicted molar refractivity (Wildman–Crippen MR) is 125 cm³/mol. The summed E-state index contributed by atoms with van der Waals surface area (Å²) in [4.78, 5) is 12.6. The van der Waals surface area contributed by atoms with Crippen molar-refractivity contribution in [2.45, 2.75) is 18.7 Å². The fourth-order valence-corrected chi connectivity index (χ4v) is 4.55. The number of methoxy groups -OCH3 is 1. The monoisotopic (exact) mass is 441 g/mol. The van der Waals surface area contributed by atoms with Crippen LogP contribution in [-0.2, 0) is 19.6 Å². The quantitative estimate of drug-likeness (QED) is 0.484. The Morgan fingerprint density at radius 2 is 1.55 bits per heavy atom. The van der Waals surface area contributed by atoms with Gasteiger partial charge < -0.3 is 15.4 Å². The lowest BCUT2D eigenvalue weighted by atomic mass is 9.93. The van der Waals surface area contributed by atoms with Gasteiger partial charge in [0.25, 0.3) is 10.0 Å². The van der Waals surface area contributed by atoms with Crippen LogP contribution in [-0.4, -0.2) is 35.1 Å². The maximum atomic E-state index is 13.1. The standard InChI is InChI=1S/C23H27N3O4S/c1-23(2,15-30-4)22(27)25-16-9-11-17(12-10-16)26-31(28,29)21-14-13-20(24-3)18-7-5-6-8-19(18)21/h5-14,24,26H,15H2,1-4H3,(H,25,27). The number of ether oxygens (including phenoxy) is 1. The first kappa shape index (κ1) is 22.6. The van der Waals surface area contributed by atoms with E-state index >= 15 is 0 Å². The SMILES string of the molecule is CNc1ccc(S(=O)(=O)Nc2ccc(NC(=O)C(C)(C)COC)cc2)c2ccccc12. The molecule has 0 bridgehead atoms. The molecule has 0 saturated heterocycles. The molecule has 31 heavy (non-hydrogen) atoms. The topological polar surface area (TPSA) is 96.5 Å². The zero-order chi connectivity index (χ0) is 22.6. The fraction of sp³-hybridized carbons (Fsp3) is 0.261. The van der Waals surface area contributed by atoms with Gasteiger partial charge in [-0.25, -0.2) is 8.42 Å². The van der Waals surface area contributed by atoms with E-state index in [1.54, 1.807) is 70.5 Å². The van der Waals surface area contributed by atoms with Crippen LogP contribution in [0.2, 0.25) is 0 Å². The normalized spacial score (nSPS) is 11.9. The summed E-state index contributed by atoms with van der Waals surface area (Å²) in [6.07, 6.45) is 0. The van der Waals surface area contributed by atoms with Gasteiger partial charge in [0.15, 0.2) is 0 Å². The average molecular weight is 442 g/mol. The van der Waals surface area contributed by atoms with Gasteiger partial charge in [-0.1, -0.05) is 24.3 Å². The Morgan fingerprint density at radius 1 is 0.935 bits per heavy atom. The second kappa shape index (κ2) is 8.95. The van der Waals surface area contributed by atoms with Crippen LogP contribution in [0.15, 0.2) is 65.6 Å². The Hall–Kier alpha value is -3.10. The first-order valence-electron chi connectivity index (χ1n) is 9.81. The van der Waals surface area contributed by atoms with Gasteiger partial charge in [-0.2, -0.15) is 0 Å². The molecule has 0 unspecified atom stereocenters. The first-order valence-corrected chi connectivity index (χ1v) is 11.3. The summed E-state index contributed by atoms with van der Waals surface area (Å²) in [5.74, 6) is -0.182. The van der Waals surface area contributed by atoms with E-state index in [-0.39, 0.29) is 17.4 Å². The average Bonchev–Trinajstić information content (AvgIpc) is 2.74. The third-order valence-corrected chi connectivity index (χ3v) is 6.40. The van der Waals surface area contributed by atoms with Crippen LogP contribution in [0.3, 0.4) is 0 Å². The number of hydrogen-bond acceptors (Lipinski definition) is 5. The number of carbonyl (C=O) groups excluding carboxylic acids is 1. The van der Waals surface area contributed by atoms with Crippen LogP contribution < -0.4 is 15.4 Å². The summed E-state index contributed by atoms with van der Waals surface area (Å²) >= 11 is 0. The number of nitrogens with one attached hydrogen (secondary N) is 3. The Balaban J connectivity index is 1.82. The molecule has 0 aromatic heterocycles. The number of sulfonamides is 1. The number of carbonyl (C=O) groups is 1. The van der Waals surface area contributed by atoms with Crippen molar-refractivity contribution in [1.82, 2.24) is 0 Å². The molecule has 7 nitrogen and oxygen atoms in total. The van der Waals surface area contributed by atoms with E-state index in [1.807, 2.05) is 18.2 Å². The van der Waals surface area contributed by atoms with Crippen molar-refractivity contribution in [2.75, 3.05) is 36.1 Å². The van der Waals surface area contributed by atoms with E-state index in [0.717, 1.165) is 11.1 Å². The van der Waals surface area contributed by atoms with E-state index < -0.39 is 15.4 Å². The third-order valence-electron chi connectivity index (χ3n) is 4.96. The molecule has 0 heterocycles. The smallest absolute Gasteiger partial charge is 0.262 e. The highest BCUT2D eigenvalue weighted by molar-refractivity contribution is 7.93. The summed E-state index contributed by atoms with van der Waals surface area (Å²) in [5.41, 5.74) is 1.14. The van der Waals surface area contributed by atoms with Crippen molar-refractivity contribution in [3.8, 4) is 0 Å². The second-order valence-corrected chi connectivity index (χ2v) is 9.51. The molecule has 3 rings (SSSR count). The van der Waals surface area contributed by atoms with Crippen molar-refractivity contribution in [3.63, 3.8) is 0 Å². The minimum Gasteiger partial charge on any atom is -0.388 e. The minimum absolute atomic E-state index is 0.182. The van der Waals surface area contributed by atoms with E-state index in [1.165, 1.54) is 0 Å². The van der Waals surface area contributed by atoms with Crippen molar-refractivity contribution < 1.29 is 17.9 Å². The molecule has 0 spiro atoms. The molecule has 0 aliphatic heterocycles. The highest BCUT2D eigenvalue weighted by Gasteiger charge is 2.27. The zero-order valence-electron chi connectivity index (χ0n) is 18.0. The van der Waals surface area contributed by atoms with Crippen LogP contribution in [0.1, 0.15) is 13.8 Å². The second-order valence-electron chi connectivity index (χ2n) is 7.86. The molecule has 164 valence electrons. The number of hydrogen-bond donors (Lipinski definition) is 3. The summed E-state index contributed by atoms with van der Waals surface area (Å²) in [6, 6.07) is 17.2. The molecule has 0 aliphatic rings. The molecule has 3 aromatic carbocycles. The van der Waals surface area contributed by atoms with Gasteiger partial charge in [-0.15, -0.1) is 0 Å². The van der Waals surface area contributed by atoms with Crippen molar-refractivity contribution in [1.29, 1.82) is 0 Å². The maximum Gasteiger partial charge on any atom is 0.262 e. The number of fused-ring (bicyclic) bond motifs is 1. The van der Waals surface area contributed by atoms with Crippen molar-refractivity contribution in [3.05, 3.63) is 60.7 Å². The molecule has 0 radical (unpaired) electrons. The van der Waals surface area contributed by atoms with Gasteiger partial charge in [0.1, 0.15) is 0 Å². The molecule has 0 atom stereocenters. The Kier molecular flexibility index (Phi) is 6.52. The Morgan fingerprint density at radius 3 is 2.16 bits per heavy atom. The van der Waals surface area contributed by atoms with Crippen LogP contribution in [0.25, 0.3) is 10.8 Å². The highest BCUT2D eigenvalue weighted by Crippen LogP contribution is 2.30. The fourth-order valence-electron chi connectivity index (χ4n) is 3.28. The molecule has 1 amide bonds. The van der Waals surface area contributed by atoms with Crippen LogP contribution in [0.4, 0.5) is 17.1 Å². The Labute approximate surface area is 182 Å². The van der Waals surface area contributed by atoms with Gasteiger partial charge in [0.05, 0.1) is 16.9 Å². The van der Waals surface area contributed by atoms with Gasteiger partial charge in [0, 0.05) is 42.0 Å². The minimum atomic E-state index is -3.81. The molecular formula is C23H27N3O4S. The molecular weight excluding hydrogens is 414 g/mol. The molecule has 3 aromatic rings. The molecule has 8 heteroatoms. The molecule has 3 N–H and O–H groups in total. The Bertz CT molecular complexity index is 1190. The lowest BCUT2D eigenvalue weighted by molar-refractivity contribution is -0.126. The number of amides is 1. The number of benzene rings is 3. The molecule has 0 fully saturated rings. The van der Waals surface area contributed by atoms with Gasteiger partial charge in [-0.05, 0) is 50.2 Å². The van der Waals surface area contributed by atoms with Crippen molar-refractivity contribution >= 4 is 43.8 Å². The van der Waals surface area contributed by atoms with Crippen molar-refractivity contribution in [2.24, 2.45) is 5.41 Å². The lowest BCUT2D eigenvalue weighted by Gasteiger charge is -2.22. The third kappa shape index (κ3) is 4.98. The number of anilines is 3. The van der Waals surface area contributed by atoms with Gasteiger partial charge in [-0.3, -0.25) is 9.52 Å². The molecule has 0 saturated carbocycles. The molecule has 0 aliphatic carbocycles. The highest BCUT2D eigenvalue weighted by atomic mass is 32.2. The number of rotatable bonds is 8. The summed E-state index contributed by atoms with van der Waals surface area (Å²) in [6.45, 7) is 3.87. The lowest BCUT2D eigenvalue weighted by Crippen LogP contribution is -2.34. The van der Waals surface area contributed by atoms with E-state index in [2.05, 4.69) is 15.4 Å². The van der Waals surface area contributed by atoms with Crippen LogP contribution in [0.5, 0.6) is 0 Å². The predicted octanol–water partition coefficient (Wildman–Crippen LogP) is 4.29. The largest absolute Gasteiger partial charge is 0.388 e. The first-order chi connectivity index (χ1) is 14.7. The van der Waals surface area contributed by atoms with Crippen LogP contribution in [0, 0.1) is 5.41 Å². The van der Waals surface area contributed by atoms with Gasteiger partial charge in [0.2, 0.25) is 5.91 Å². The summed E-state index contributed by atoms with van der Waals surface area (Å²) < 4.78 is 33.8. The maximum absolute atomic E-state index is 13.1. The van der Waals surface area contributed by atoms with E-state index in [4.69, 9.17) is 4.74 Å². The summed E-state index contributed by atoms with van der Waals surface area (Å²) in [7, 11) is -0.469. The zero-order valence-corrected chi connectivity index (χ0v) is 18.8. The van der Waals surface area contributed by atoms with Crippen LogP contribution >= 0.6 is 0 Å². The van der Waals surface area contributed by atoms with E-state index in [0.29, 0.717) is 16.8 Å². The van der Waals surface area contributed by atoms with E-state index in [9.17, 15) is 13.2 Å². The van der Waals surface area contributed by atoms with Gasteiger partial charge >= 0.3 is 0 Å². The summed E-state index contributed by atoms with van der Waals surface area (Å²) in [5, 5.41) is 7.36.